The second kappa shape index (κ2) is 6.53. The first-order chi connectivity index (χ1) is 12.3. The molecule has 0 bridgehead atoms. The number of aromatic nitrogens is 2. The van der Waals surface area contributed by atoms with Gasteiger partial charge in [0.05, 0.1) is 0 Å². The zero-order valence-electron chi connectivity index (χ0n) is 13.3. The molecule has 1 heterocycles. The molecule has 0 saturated heterocycles. The molecule has 4 nitrogen and oxygen atoms in total. The topological polar surface area (TPSA) is 56.0 Å². The van der Waals surface area contributed by atoms with Crippen molar-refractivity contribution in [1.29, 1.82) is 0 Å². The summed E-state index contributed by atoms with van der Waals surface area (Å²) < 4.78 is 5.88. The molecule has 4 heteroatoms. The number of rotatable bonds is 4. The van der Waals surface area contributed by atoms with E-state index in [4.69, 9.17) is 4.42 Å². The van der Waals surface area contributed by atoms with Crippen molar-refractivity contribution in [3.8, 4) is 34.0 Å². The summed E-state index contributed by atoms with van der Waals surface area (Å²) in [6.07, 6.45) is 0.805. The zero-order valence-corrected chi connectivity index (χ0v) is 13.3. The highest BCUT2D eigenvalue weighted by atomic mass is 16.4. The fourth-order valence-electron chi connectivity index (χ4n) is 2.69. The van der Waals surface area contributed by atoms with Gasteiger partial charge in [-0.25, -0.2) is 0 Å². The average molecular weight is 326 g/mol. The molecular weight excluding hydrogens is 312 g/mol. The average Bonchev–Trinajstić information content (AvgIpc) is 3.19. The van der Waals surface area contributed by atoms with E-state index in [0.29, 0.717) is 17.3 Å². The van der Waals surface area contributed by atoms with E-state index in [1.165, 1.54) is 0 Å². The Kier molecular flexibility index (Phi) is 3.92. The second-order valence-corrected chi connectivity index (χ2v) is 5.56. The van der Waals surface area contributed by atoms with E-state index in [0.717, 1.165) is 28.5 Å². The Balaban J connectivity index is 1.74. The number of benzene rings is 3. The smallest absolute Gasteiger partial charge is 0.248 e. The van der Waals surface area contributed by atoms with Crippen LogP contribution in [-0.4, -0.2) is 16.5 Å². The first-order valence-corrected chi connectivity index (χ1v) is 7.89. The number of aldehydes is 1. The maximum atomic E-state index is 10.8. The van der Waals surface area contributed by atoms with E-state index in [9.17, 15) is 4.79 Å². The summed E-state index contributed by atoms with van der Waals surface area (Å²) in [6.45, 7) is 0. The quantitative estimate of drug-likeness (QED) is 0.501. The Morgan fingerprint density at radius 1 is 0.640 bits per heavy atom. The highest BCUT2D eigenvalue weighted by molar-refractivity contribution is 5.80. The molecule has 0 aliphatic carbocycles. The van der Waals surface area contributed by atoms with Crippen molar-refractivity contribution in [3.63, 3.8) is 0 Å². The molecule has 0 unspecified atom stereocenters. The van der Waals surface area contributed by atoms with Crippen LogP contribution in [0.5, 0.6) is 0 Å². The molecule has 120 valence electrons. The van der Waals surface area contributed by atoms with Crippen LogP contribution < -0.4 is 0 Å². The van der Waals surface area contributed by atoms with Gasteiger partial charge in [-0.2, -0.15) is 0 Å². The normalized spacial score (nSPS) is 10.6. The summed E-state index contributed by atoms with van der Waals surface area (Å²) in [5.74, 6) is 0.893. The molecule has 0 N–H and O–H groups in total. The molecule has 0 radical (unpaired) electrons. The van der Waals surface area contributed by atoms with Crippen LogP contribution >= 0.6 is 0 Å². The number of hydrogen-bond donors (Lipinski definition) is 0. The van der Waals surface area contributed by atoms with Crippen molar-refractivity contribution in [3.05, 3.63) is 84.4 Å². The molecule has 0 fully saturated rings. The SMILES string of the molecule is O=Cc1ccc(-c2nnc(-c3ccccc3-c3ccccc3)o2)cc1. The standard InChI is InChI=1S/C21H14N2O2/c24-14-15-10-12-17(13-11-15)20-22-23-21(25-20)19-9-5-4-8-18(19)16-6-2-1-3-7-16/h1-14H. The molecule has 0 amide bonds. The lowest BCUT2D eigenvalue weighted by molar-refractivity contribution is 0.112. The Morgan fingerprint density at radius 3 is 2.00 bits per heavy atom. The lowest BCUT2D eigenvalue weighted by atomic mass is 10.00. The van der Waals surface area contributed by atoms with Gasteiger partial charge in [0, 0.05) is 16.7 Å². The molecule has 3 aromatic carbocycles. The summed E-state index contributed by atoms with van der Waals surface area (Å²) in [5.41, 5.74) is 4.40. The van der Waals surface area contributed by atoms with Crippen LogP contribution in [0.2, 0.25) is 0 Å². The Labute approximate surface area is 144 Å². The van der Waals surface area contributed by atoms with Gasteiger partial charge >= 0.3 is 0 Å². The third-order valence-electron chi connectivity index (χ3n) is 3.96. The van der Waals surface area contributed by atoms with Gasteiger partial charge in [-0.3, -0.25) is 4.79 Å². The summed E-state index contributed by atoms with van der Waals surface area (Å²) in [7, 11) is 0. The molecule has 25 heavy (non-hydrogen) atoms. The van der Waals surface area contributed by atoms with Crippen molar-refractivity contribution in [1.82, 2.24) is 10.2 Å². The van der Waals surface area contributed by atoms with E-state index in [1.807, 2.05) is 54.6 Å². The van der Waals surface area contributed by atoms with Gasteiger partial charge in [-0.1, -0.05) is 60.7 Å². The van der Waals surface area contributed by atoms with E-state index in [-0.39, 0.29) is 0 Å². The number of hydrogen-bond acceptors (Lipinski definition) is 4. The number of carbonyl (C=O) groups is 1. The van der Waals surface area contributed by atoms with Gasteiger partial charge in [-0.15, -0.1) is 10.2 Å². The van der Waals surface area contributed by atoms with Crippen LogP contribution in [-0.2, 0) is 0 Å². The van der Waals surface area contributed by atoms with Gasteiger partial charge < -0.3 is 4.42 Å². The fraction of sp³-hybridized carbons (Fsp3) is 0. The van der Waals surface area contributed by atoms with Gasteiger partial charge in [0.1, 0.15) is 6.29 Å². The highest BCUT2D eigenvalue weighted by Crippen LogP contribution is 2.32. The minimum Gasteiger partial charge on any atom is -0.416 e. The van der Waals surface area contributed by atoms with Crippen molar-refractivity contribution in [2.75, 3.05) is 0 Å². The third kappa shape index (κ3) is 2.97. The van der Waals surface area contributed by atoms with Crippen LogP contribution in [0.15, 0.2) is 83.3 Å². The Bertz CT molecular complexity index is 1010. The summed E-state index contributed by atoms with van der Waals surface area (Å²) in [4.78, 5) is 10.8. The molecule has 1 aromatic heterocycles. The highest BCUT2D eigenvalue weighted by Gasteiger charge is 2.14. The first kappa shape index (κ1) is 15.0. The van der Waals surface area contributed by atoms with Crippen molar-refractivity contribution in [2.24, 2.45) is 0 Å². The van der Waals surface area contributed by atoms with Gasteiger partial charge in [0.25, 0.3) is 0 Å². The molecule has 0 atom stereocenters. The largest absolute Gasteiger partial charge is 0.416 e. The van der Waals surface area contributed by atoms with Gasteiger partial charge in [-0.05, 0) is 29.3 Å². The summed E-state index contributed by atoms with van der Waals surface area (Å²) >= 11 is 0. The minimum absolute atomic E-state index is 0.426. The molecule has 4 rings (SSSR count). The van der Waals surface area contributed by atoms with E-state index < -0.39 is 0 Å². The van der Waals surface area contributed by atoms with Crippen LogP contribution in [0.25, 0.3) is 34.0 Å². The lowest BCUT2D eigenvalue weighted by Gasteiger charge is -2.06. The van der Waals surface area contributed by atoms with Crippen LogP contribution in [0.4, 0.5) is 0 Å². The molecule has 0 spiro atoms. The lowest BCUT2D eigenvalue weighted by Crippen LogP contribution is -1.84. The summed E-state index contributed by atoms with van der Waals surface area (Å²) in [6, 6.07) is 25.1. The Morgan fingerprint density at radius 2 is 1.28 bits per heavy atom. The predicted octanol–water partition coefficient (Wildman–Crippen LogP) is 4.88. The van der Waals surface area contributed by atoms with Gasteiger partial charge in [0.2, 0.25) is 11.8 Å². The maximum Gasteiger partial charge on any atom is 0.248 e. The number of nitrogens with zero attached hydrogens (tertiary/aromatic N) is 2. The first-order valence-electron chi connectivity index (χ1n) is 7.89. The number of carbonyl (C=O) groups excluding carboxylic acids is 1. The fourth-order valence-corrected chi connectivity index (χ4v) is 2.69. The maximum absolute atomic E-state index is 10.8. The van der Waals surface area contributed by atoms with E-state index in [1.54, 1.807) is 24.3 Å². The zero-order chi connectivity index (χ0) is 17.1. The van der Waals surface area contributed by atoms with Crippen molar-refractivity contribution in [2.45, 2.75) is 0 Å². The molecular formula is C21H14N2O2. The Hall–Kier alpha value is -3.53. The summed E-state index contributed by atoms with van der Waals surface area (Å²) in [5, 5.41) is 8.35. The monoisotopic (exact) mass is 326 g/mol. The van der Waals surface area contributed by atoms with Crippen molar-refractivity contribution < 1.29 is 9.21 Å². The van der Waals surface area contributed by atoms with Crippen molar-refractivity contribution >= 4 is 6.29 Å². The van der Waals surface area contributed by atoms with Crippen LogP contribution in [0.3, 0.4) is 0 Å². The van der Waals surface area contributed by atoms with Gasteiger partial charge in [0.15, 0.2) is 0 Å². The molecule has 0 saturated carbocycles. The van der Waals surface area contributed by atoms with Crippen LogP contribution in [0.1, 0.15) is 10.4 Å². The molecule has 4 aromatic rings. The van der Waals surface area contributed by atoms with E-state index >= 15 is 0 Å². The van der Waals surface area contributed by atoms with E-state index in [2.05, 4.69) is 10.2 Å². The third-order valence-corrected chi connectivity index (χ3v) is 3.96. The molecule has 0 aliphatic heterocycles. The predicted molar refractivity (Wildman–Crippen MR) is 96.0 cm³/mol. The second-order valence-electron chi connectivity index (χ2n) is 5.56. The minimum atomic E-state index is 0.426. The van der Waals surface area contributed by atoms with Crippen LogP contribution in [0, 0.1) is 0 Å². The molecule has 0 aliphatic rings.